The maximum atomic E-state index is 11.9. The Hall–Kier alpha value is -1.12. The molecule has 4 N–H and O–H groups in total. The maximum absolute atomic E-state index is 11.9. The van der Waals surface area contributed by atoms with E-state index in [2.05, 4.69) is 6.07 Å². The van der Waals surface area contributed by atoms with E-state index in [-0.39, 0.29) is 18.0 Å². The molecule has 0 saturated carbocycles. The molecular weight excluding hydrogens is 192 g/mol. The van der Waals surface area contributed by atoms with Crippen LogP contribution in [-0.4, -0.2) is 35.5 Å². The van der Waals surface area contributed by atoms with Crippen LogP contribution < -0.4 is 11.5 Å². The lowest BCUT2D eigenvalue weighted by molar-refractivity contribution is -0.135. The molecule has 0 bridgehead atoms. The Morgan fingerprint density at radius 1 is 1.53 bits per heavy atom. The highest BCUT2D eigenvalue weighted by Crippen LogP contribution is 2.17. The lowest BCUT2D eigenvalue weighted by Gasteiger charge is -2.34. The highest BCUT2D eigenvalue weighted by atomic mass is 16.2. The number of hydrogen-bond acceptors (Lipinski definition) is 4. The molecule has 1 unspecified atom stereocenters. The number of likely N-dealkylation sites (tertiary alicyclic amines) is 1. The second kappa shape index (κ2) is 5.10. The van der Waals surface area contributed by atoms with Crippen molar-refractivity contribution in [3.8, 4) is 6.07 Å². The molecule has 15 heavy (non-hydrogen) atoms. The van der Waals surface area contributed by atoms with Crippen molar-refractivity contribution in [2.24, 2.45) is 11.5 Å². The van der Waals surface area contributed by atoms with Crippen molar-refractivity contribution in [2.45, 2.75) is 44.3 Å². The first-order chi connectivity index (χ1) is 7.07. The molecule has 0 spiro atoms. The summed E-state index contributed by atoms with van der Waals surface area (Å²) in [5, 5.41) is 8.91. The second-order valence-electron chi connectivity index (χ2n) is 4.06. The molecule has 0 aliphatic carbocycles. The van der Waals surface area contributed by atoms with E-state index in [1.807, 2.05) is 0 Å². The summed E-state index contributed by atoms with van der Waals surface area (Å²) in [4.78, 5) is 13.4. The summed E-state index contributed by atoms with van der Waals surface area (Å²) in [6.07, 6.45) is 2.68. The van der Waals surface area contributed by atoms with Gasteiger partial charge in [0, 0.05) is 12.6 Å². The summed E-state index contributed by atoms with van der Waals surface area (Å²) < 4.78 is 0. The van der Waals surface area contributed by atoms with Crippen molar-refractivity contribution in [3.63, 3.8) is 0 Å². The van der Waals surface area contributed by atoms with Crippen LogP contribution in [0.15, 0.2) is 0 Å². The molecular formula is C10H18N4O. The number of piperidine rings is 1. The fourth-order valence-electron chi connectivity index (χ4n) is 1.75. The van der Waals surface area contributed by atoms with E-state index in [0.717, 1.165) is 19.3 Å². The quantitative estimate of drug-likeness (QED) is 0.646. The van der Waals surface area contributed by atoms with E-state index in [0.29, 0.717) is 6.54 Å². The van der Waals surface area contributed by atoms with Crippen LogP contribution in [0.3, 0.4) is 0 Å². The summed E-state index contributed by atoms with van der Waals surface area (Å²) in [6.45, 7) is 2.32. The summed E-state index contributed by atoms with van der Waals surface area (Å²) >= 11 is 0. The van der Waals surface area contributed by atoms with Crippen LogP contribution >= 0.6 is 0 Å². The van der Waals surface area contributed by atoms with Crippen molar-refractivity contribution >= 4 is 5.91 Å². The zero-order valence-corrected chi connectivity index (χ0v) is 9.02. The van der Waals surface area contributed by atoms with Gasteiger partial charge in [0.2, 0.25) is 5.91 Å². The van der Waals surface area contributed by atoms with E-state index in [9.17, 15) is 4.79 Å². The van der Waals surface area contributed by atoms with Crippen LogP contribution in [0.2, 0.25) is 0 Å². The molecule has 3 atom stereocenters. The molecule has 5 heteroatoms. The number of rotatable bonds is 2. The van der Waals surface area contributed by atoms with Gasteiger partial charge in [-0.15, -0.1) is 0 Å². The van der Waals surface area contributed by atoms with Crippen molar-refractivity contribution in [3.05, 3.63) is 0 Å². The molecule has 1 fully saturated rings. The summed E-state index contributed by atoms with van der Waals surface area (Å²) in [5.74, 6) is -0.198. The van der Waals surface area contributed by atoms with Crippen LogP contribution in [-0.2, 0) is 4.79 Å². The third-order valence-electron chi connectivity index (χ3n) is 2.79. The van der Waals surface area contributed by atoms with Gasteiger partial charge < -0.3 is 16.4 Å². The number of hydrogen-bond donors (Lipinski definition) is 2. The van der Waals surface area contributed by atoms with Gasteiger partial charge in [-0.1, -0.05) is 0 Å². The van der Waals surface area contributed by atoms with Crippen molar-refractivity contribution in [1.29, 1.82) is 5.26 Å². The number of nitrogens with two attached hydrogens (primary N) is 2. The van der Waals surface area contributed by atoms with E-state index >= 15 is 0 Å². The predicted octanol–water partition coefficient (Wildman–Crippen LogP) is -0.434. The second-order valence-corrected chi connectivity index (χ2v) is 4.06. The van der Waals surface area contributed by atoms with Crippen LogP contribution in [0, 0.1) is 11.3 Å². The first kappa shape index (κ1) is 12.0. The maximum Gasteiger partial charge on any atom is 0.242 e. The summed E-state index contributed by atoms with van der Waals surface area (Å²) in [6, 6.07) is 0.743. The van der Waals surface area contributed by atoms with Crippen LogP contribution in [0.1, 0.15) is 26.2 Å². The third kappa shape index (κ3) is 2.67. The van der Waals surface area contributed by atoms with Crippen LogP contribution in [0.4, 0.5) is 0 Å². The van der Waals surface area contributed by atoms with Crippen molar-refractivity contribution in [2.75, 3.05) is 6.54 Å². The van der Waals surface area contributed by atoms with Gasteiger partial charge in [-0.25, -0.2) is 0 Å². The summed E-state index contributed by atoms with van der Waals surface area (Å²) in [7, 11) is 0. The molecule has 0 aromatic carbocycles. The largest absolute Gasteiger partial charge is 0.326 e. The van der Waals surface area contributed by atoms with E-state index in [1.54, 1.807) is 11.8 Å². The Balaban J connectivity index is 2.68. The Bertz CT molecular complexity index is 271. The number of amides is 1. The fraction of sp³-hybridized carbons (Fsp3) is 0.800. The number of nitrogens with zero attached hydrogens (tertiary/aromatic N) is 2. The van der Waals surface area contributed by atoms with E-state index in [4.69, 9.17) is 16.7 Å². The normalized spacial score (nSPS) is 25.5. The van der Waals surface area contributed by atoms with Gasteiger partial charge in [0.1, 0.15) is 6.04 Å². The van der Waals surface area contributed by atoms with E-state index in [1.165, 1.54) is 0 Å². The lowest BCUT2D eigenvalue weighted by Crippen LogP contribution is -2.55. The van der Waals surface area contributed by atoms with Gasteiger partial charge in [0.15, 0.2) is 0 Å². The zero-order chi connectivity index (χ0) is 11.4. The highest BCUT2D eigenvalue weighted by molar-refractivity contribution is 5.83. The molecule has 1 aliphatic rings. The first-order valence-corrected chi connectivity index (χ1v) is 5.29. The Kier molecular flexibility index (Phi) is 4.06. The minimum Gasteiger partial charge on any atom is -0.326 e. The molecule has 5 nitrogen and oxygen atoms in total. The highest BCUT2D eigenvalue weighted by Gasteiger charge is 2.31. The van der Waals surface area contributed by atoms with Gasteiger partial charge >= 0.3 is 0 Å². The van der Waals surface area contributed by atoms with Gasteiger partial charge in [0.05, 0.1) is 12.1 Å². The fourth-order valence-corrected chi connectivity index (χ4v) is 1.75. The van der Waals surface area contributed by atoms with Gasteiger partial charge in [0.25, 0.3) is 0 Å². The van der Waals surface area contributed by atoms with Crippen molar-refractivity contribution < 1.29 is 4.79 Å². The molecule has 1 amide bonds. The Morgan fingerprint density at radius 3 is 2.73 bits per heavy atom. The minimum atomic E-state index is -0.695. The molecule has 0 radical (unpaired) electrons. The molecule has 1 aliphatic heterocycles. The molecule has 0 aromatic heterocycles. The average molecular weight is 210 g/mol. The number of nitriles is 1. The molecule has 84 valence electrons. The van der Waals surface area contributed by atoms with Gasteiger partial charge in [-0.05, 0) is 26.2 Å². The number of carbonyl (C=O) groups excluding carboxylic acids is 1. The lowest BCUT2D eigenvalue weighted by atomic mass is 10.0. The number of carbonyl (C=O) groups is 1. The SMILES string of the molecule is CC(N)[C@H](N)C(=O)N1CCCC[C@H]1C#N. The standard InChI is InChI=1S/C10H18N4O/c1-7(12)9(13)10(15)14-5-3-2-4-8(14)6-11/h7-9H,2-5,12-13H2,1H3/t7?,8-,9-/m0/s1. The van der Waals surface area contributed by atoms with Crippen LogP contribution in [0.5, 0.6) is 0 Å². The van der Waals surface area contributed by atoms with Crippen molar-refractivity contribution in [1.82, 2.24) is 4.90 Å². The molecule has 1 saturated heterocycles. The zero-order valence-electron chi connectivity index (χ0n) is 9.02. The topological polar surface area (TPSA) is 96.1 Å². The van der Waals surface area contributed by atoms with E-state index < -0.39 is 6.04 Å². The monoisotopic (exact) mass is 210 g/mol. The summed E-state index contributed by atoms with van der Waals surface area (Å²) in [5.41, 5.74) is 11.3. The third-order valence-corrected chi connectivity index (χ3v) is 2.79. The molecule has 0 aromatic rings. The molecule has 1 rings (SSSR count). The molecule has 1 heterocycles. The first-order valence-electron chi connectivity index (χ1n) is 5.29. The minimum absolute atomic E-state index is 0.198. The van der Waals surface area contributed by atoms with Gasteiger partial charge in [-0.3, -0.25) is 4.79 Å². The van der Waals surface area contributed by atoms with Gasteiger partial charge in [-0.2, -0.15) is 5.26 Å². The predicted molar refractivity (Wildman–Crippen MR) is 56.6 cm³/mol. The smallest absolute Gasteiger partial charge is 0.242 e. The average Bonchev–Trinajstić information content (AvgIpc) is 2.26. The Labute approximate surface area is 90.0 Å². The Morgan fingerprint density at radius 2 is 2.20 bits per heavy atom. The van der Waals surface area contributed by atoms with Crippen LogP contribution in [0.25, 0.3) is 0 Å².